The predicted octanol–water partition coefficient (Wildman–Crippen LogP) is 12.6. The normalized spacial score (nSPS) is 12.7. The lowest BCUT2D eigenvalue weighted by atomic mass is 9.67. The number of ether oxygens (including phenoxy) is 2. The second kappa shape index (κ2) is 18.1. The fourth-order valence-electron chi connectivity index (χ4n) is 7.03. The van der Waals surface area contributed by atoms with E-state index in [0.717, 1.165) is 68.0 Å². The zero-order valence-corrected chi connectivity index (χ0v) is 32.0. The SMILES string of the molecule is CCCCCCCCOC(=O)c1ccc(C2(c3ccc(C(=O)OCCCCCCCC)cc3)c3cc(Br)ccc3-c3ccc(Br)cc32)cc1. The molecule has 0 saturated carbocycles. The molecule has 258 valence electrons. The van der Waals surface area contributed by atoms with E-state index in [1.807, 2.05) is 48.5 Å². The van der Waals surface area contributed by atoms with Crippen molar-refractivity contribution in [2.75, 3.05) is 13.2 Å². The molecule has 5 rings (SSSR count). The van der Waals surface area contributed by atoms with E-state index in [9.17, 15) is 9.59 Å². The Morgan fingerprint density at radius 2 is 0.878 bits per heavy atom. The fraction of sp³-hybridized carbons (Fsp3) is 0.395. The third-order valence-electron chi connectivity index (χ3n) is 9.63. The van der Waals surface area contributed by atoms with Gasteiger partial charge in [-0.2, -0.15) is 0 Å². The van der Waals surface area contributed by atoms with Gasteiger partial charge < -0.3 is 9.47 Å². The van der Waals surface area contributed by atoms with Crippen molar-refractivity contribution in [2.45, 2.75) is 96.3 Å². The zero-order chi connectivity index (χ0) is 34.6. The van der Waals surface area contributed by atoms with Crippen LogP contribution >= 0.6 is 31.9 Å². The lowest BCUT2D eigenvalue weighted by Crippen LogP contribution is -2.29. The summed E-state index contributed by atoms with van der Waals surface area (Å²) in [6.45, 7) is 5.30. The van der Waals surface area contributed by atoms with Crippen LogP contribution in [0.15, 0.2) is 93.9 Å². The van der Waals surface area contributed by atoms with Crippen LogP contribution in [0, 0.1) is 0 Å². The minimum Gasteiger partial charge on any atom is -0.462 e. The smallest absolute Gasteiger partial charge is 0.338 e. The molecule has 0 saturated heterocycles. The van der Waals surface area contributed by atoms with Crippen molar-refractivity contribution >= 4 is 43.8 Å². The molecule has 4 nitrogen and oxygen atoms in total. The summed E-state index contributed by atoms with van der Waals surface area (Å²) in [4.78, 5) is 26.0. The highest BCUT2D eigenvalue weighted by atomic mass is 79.9. The van der Waals surface area contributed by atoms with Gasteiger partial charge in [0.1, 0.15) is 0 Å². The molecular formula is C43H48Br2O4. The summed E-state index contributed by atoms with van der Waals surface area (Å²) in [5.41, 5.74) is 6.99. The molecule has 4 aromatic carbocycles. The van der Waals surface area contributed by atoms with Crippen molar-refractivity contribution in [1.29, 1.82) is 0 Å². The number of carbonyl (C=O) groups is 2. The van der Waals surface area contributed by atoms with E-state index in [2.05, 4.69) is 82.1 Å². The van der Waals surface area contributed by atoms with Crippen LogP contribution in [-0.4, -0.2) is 25.2 Å². The Kier molecular flexibility index (Phi) is 13.7. The van der Waals surface area contributed by atoms with Crippen LogP contribution in [0.2, 0.25) is 0 Å². The molecule has 1 aliphatic carbocycles. The number of carbonyl (C=O) groups excluding carboxylic acids is 2. The van der Waals surface area contributed by atoms with Crippen molar-refractivity contribution in [3.63, 3.8) is 0 Å². The number of fused-ring (bicyclic) bond motifs is 3. The summed E-state index contributed by atoms with van der Waals surface area (Å²) >= 11 is 7.49. The zero-order valence-electron chi connectivity index (χ0n) is 28.9. The van der Waals surface area contributed by atoms with Crippen LogP contribution in [0.4, 0.5) is 0 Å². The molecule has 1 aliphatic rings. The number of hydrogen-bond acceptors (Lipinski definition) is 4. The fourth-order valence-corrected chi connectivity index (χ4v) is 7.75. The average molecular weight is 789 g/mol. The number of benzene rings is 4. The molecule has 0 radical (unpaired) electrons. The number of esters is 2. The van der Waals surface area contributed by atoms with Gasteiger partial charge in [0, 0.05) is 8.95 Å². The number of unbranched alkanes of at least 4 members (excludes halogenated alkanes) is 10. The molecule has 0 spiro atoms. The molecule has 6 heteroatoms. The van der Waals surface area contributed by atoms with Crippen LogP contribution in [-0.2, 0) is 14.9 Å². The van der Waals surface area contributed by atoms with E-state index in [-0.39, 0.29) is 11.9 Å². The van der Waals surface area contributed by atoms with Crippen LogP contribution in [0.5, 0.6) is 0 Å². The second-order valence-electron chi connectivity index (χ2n) is 13.1. The minimum atomic E-state index is -0.694. The van der Waals surface area contributed by atoms with Crippen LogP contribution in [0.1, 0.15) is 134 Å². The van der Waals surface area contributed by atoms with E-state index in [1.165, 1.54) is 51.4 Å². The lowest BCUT2D eigenvalue weighted by Gasteiger charge is -2.34. The minimum absolute atomic E-state index is 0.296. The Hall–Kier alpha value is -3.22. The van der Waals surface area contributed by atoms with Crippen LogP contribution < -0.4 is 0 Å². The standard InChI is InChI=1S/C43H48Br2O4/c1-3-5-7-9-11-13-27-48-41(46)31-15-19-33(20-16-31)43(39-29-35(44)23-25-37(39)38-26-24-36(45)30-40(38)43)34-21-17-32(18-22-34)42(47)49-28-14-12-10-8-6-4-2/h15-26,29-30H,3-14,27-28H2,1-2H3. The second-order valence-corrected chi connectivity index (χ2v) is 14.9. The average Bonchev–Trinajstić information content (AvgIpc) is 3.39. The molecule has 0 unspecified atom stereocenters. The Morgan fingerprint density at radius 1 is 0.510 bits per heavy atom. The summed E-state index contributed by atoms with van der Waals surface area (Å²) in [7, 11) is 0. The number of halogens is 2. The van der Waals surface area contributed by atoms with E-state index in [1.54, 1.807) is 0 Å². The molecule has 0 aromatic heterocycles. The summed E-state index contributed by atoms with van der Waals surface area (Å²) in [6, 6.07) is 28.5. The predicted molar refractivity (Wildman–Crippen MR) is 206 cm³/mol. The molecule has 0 aliphatic heterocycles. The Bertz CT molecular complexity index is 1570. The van der Waals surface area contributed by atoms with Crippen molar-refractivity contribution in [3.8, 4) is 11.1 Å². The van der Waals surface area contributed by atoms with E-state index in [0.29, 0.717) is 24.3 Å². The van der Waals surface area contributed by atoms with Gasteiger partial charge in [0.2, 0.25) is 0 Å². The molecule has 49 heavy (non-hydrogen) atoms. The Labute approximate surface area is 309 Å². The molecule has 0 heterocycles. The van der Waals surface area contributed by atoms with Gasteiger partial charge in [-0.15, -0.1) is 0 Å². The van der Waals surface area contributed by atoms with Gasteiger partial charge in [0.25, 0.3) is 0 Å². The van der Waals surface area contributed by atoms with Gasteiger partial charge in [-0.3, -0.25) is 0 Å². The van der Waals surface area contributed by atoms with E-state index in [4.69, 9.17) is 9.47 Å². The van der Waals surface area contributed by atoms with Gasteiger partial charge in [0.05, 0.1) is 29.8 Å². The first-order chi connectivity index (χ1) is 23.9. The van der Waals surface area contributed by atoms with Crippen LogP contribution in [0.25, 0.3) is 11.1 Å². The topological polar surface area (TPSA) is 52.6 Å². The maximum atomic E-state index is 13.0. The quantitative estimate of drug-likeness (QED) is 0.0655. The summed E-state index contributed by atoms with van der Waals surface area (Å²) in [5.74, 6) is -0.591. The van der Waals surface area contributed by atoms with Gasteiger partial charge in [-0.1, -0.05) is 146 Å². The van der Waals surface area contributed by atoms with Crippen molar-refractivity contribution in [1.82, 2.24) is 0 Å². The molecule has 0 atom stereocenters. The molecular weight excluding hydrogens is 740 g/mol. The van der Waals surface area contributed by atoms with Gasteiger partial charge in [0.15, 0.2) is 0 Å². The summed E-state index contributed by atoms with van der Waals surface area (Å²) in [5, 5.41) is 0. The monoisotopic (exact) mass is 786 g/mol. The Morgan fingerprint density at radius 3 is 1.27 bits per heavy atom. The first-order valence-corrected chi connectivity index (χ1v) is 19.6. The maximum absolute atomic E-state index is 13.0. The summed E-state index contributed by atoms with van der Waals surface area (Å²) in [6.07, 6.45) is 13.7. The van der Waals surface area contributed by atoms with Crippen molar-refractivity contribution < 1.29 is 19.1 Å². The highest BCUT2D eigenvalue weighted by molar-refractivity contribution is 9.10. The van der Waals surface area contributed by atoms with Crippen molar-refractivity contribution in [2.24, 2.45) is 0 Å². The van der Waals surface area contributed by atoms with E-state index < -0.39 is 5.41 Å². The third-order valence-corrected chi connectivity index (χ3v) is 10.6. The lowest BCUT2D eigenvalue weighted by molar-refractivity contribution is 0.0488. The molecule has 0 bridgehead atoms. The highest BCUT2D eigenvalue weighted by Crippen LogP contribution is 2.57. The summed E-state index contributed by atoms with van der Waals surface area (Å²) < 4.78 is 13.3. The van der Waals surface area contributed by atoms with Gasteiger partial charge >= 0.3 is 11.9 Å². The van der Waals surface area contributed by atoms with E-state index >= 15 is 0 Å². The molecule has 4 aromatic rings. The first-order valence-electron chi connectivity index (χ1n) is 18.1. The Balaban J connectivity index is 1.43. The largest absolute Gasteiger partial charge is 0.462 e. The molecule has 0 amide bonds. The first kappa shape index (κ1) is 37.0. The van der Waals surface area contributed by atoms with Gasteiger partial charge in [-0.05, 0) is 94.8 Å². The third kappa shape index (κ3) is 8.75. The van der Waals surface area contributed by atoms with Gasteiger partial charge in [-0.25, -0.2) is 9.59 Å². The number of hydrogen-bond donors (Lipinski definition) is 0. The van der Waals surface area contributed by atoms with Crippen molar-refractivity contribution in [3.05, 3.63) is 127 Å². The van der Waals surface area contributed by atoms with Crippen LogP contribution in [0.3, 0.4) is 0 Å². The highest BCUT2D eigenvalue weighted by Gasteiger charge is 2.46. The molecule has 0 fully saturated rings. The number of rotatable bonds is 18. The molecule has 0 N–H and O–H groups in total. The maximum Gasteiger partial charge on any atom is 0.338 e.